The van der Waals surface area contributed by atoms with Crippen LogP contribution in [0.25, 0.3) is 11.4 Å². The molecule has 0 spiro atoms. The molecule has 0 bridgehead atoms. The van der Waals surface area contributed by atoms with Crippen LogP contribution in [0.15, 0.2) is 42.5 Å². The molecule has 1 aromatic heterocycles. The highest BCUT2D eigenvalue weighted by Gasteiger charge is 2.14. The minimum atomic E-state index is -0.417. The summed E-state index contributed by atoms with van der Waals surface area (Å²) in [6, 6.07) is 11.1. The molecule has 0 atom stereocenters. The molecule has 3 rings (SSSR count). The first kappa shape index (κ1) is 15.9. The number of hydrogen-bond donors (Lipinski definition) is 2. The second kappa shape index (κ2) is 6.63. The molecule has 0 fully saturated rings. The molecule has 2 N–H and O–H groups in total. The zero-order chi connectivity index (χ0) is 16.4. The molecule has 3 aromatic rings. The molecule has 0 unspecified atom stereocenters. The number of benzene rings is 2. The second-order valence-electron chi connectivity index (χ2n) is 4.57. The maximum absolute atomic E-state index is 13.1. The Bertz CT molecular complexity index is 883. The van der Waals surface area contributed by atoms with Crippen LogP contribution in [0.3, 0.4) is 0 Å². The number of amides is 1. The zero-order valence-electron chi connectivity index (χ0n) is 11.5. The Hall–Kier alpha value is -2.00. The summed E-state index contributed by atoms with van der Waals surface area (Å²) in [5.74, 6) is -0.256. The molecule has 23 heavy (non-hydrogen) atoms. The van der Waals surface area contributed by atoms with E-state index in [1.807, 2.05) is 28.7 Å². The molecular formula is C15H9ClFIN4O. The summed E-state index contributed by atoms with van der Waals surface area (Å²) in [6.07, 6.45) is 0. The third kappa shape index (κ3) is 3.50. The van der Waals surface area contributed by atoms with Gasteiger partial charge in [0.15, 0.2) is 5.82 Å². The van der Waals surface area contributed by atoms with E-state index in [4.69, 9.17) is 11.6 Å². The van der Waals surface area contributed by atoms with Gasteiger partial charge in [0.25, 0.3) is 5.91 Å². The standard InChI is InChI=1S/C15H9ClFIN4O/c16-11-4-2-1-3-9(11)13-19-15(22-21-13)20-14(23)10-6-5-8(17)7-12(10)18/h1-7H,(H2,19,20,21,22,23). The fraction of sp³-hybridized carbons (Fsp3) is 0. The lowest BCUT2D eigenvalue weighted by Crippen LogP contribution is -2.14. The van der Waals surface area contributed by atoms with Crippen LogP contribution in [0.5, 0.6) is 0 Å². The van der Waals surface area contributed by atoms with Crippen LogP contribution >= 0.6 is 34.2 Å². The predicted octanol–water partition coefficient (Wildman–Crippen LogP) is 4.12. The number of carbonyl (C=O) groups is 1. The number of nitrogens with one attached hydrogen (secondary N) is 2. The third-order valence-electron chi connectivity index (χ3n) is 3.02. The topological polar surface area (TPSA) is 70.7 Å². The Morgan fingerprint density at radius 2 is 2.04 bits per heavy atom. The van der Waals surface area contributed by atoms with Crippen molar-refractivity contribution < 1.29 is 9.18 Å². The van der Waals surface area contributed by atoms with Crippen molar-refractivity contribution in [2.45, 2.75) is 0 Å². The van der Waals surface area contributed by atoms with Crippen molar-refractivity contribution in [2.75, 3.05) is 5.32 Å². The number of aromatic nitrogens is 3. The van der Waals surface area contributed by atoms with Gasteiger partial charge in [-0.05, 0) is 52.9 Å². The lowest BCUT2D eigenvalue weighted by atomic mass is 10.2. The smallest absolute Gasteiger partial charge is 0.259 e. The fourth-order valence-corrected chi connectivity index (χ4v) is 2.88. The number of hydrogen-bond acceptors (Lipinski definition) is 3. The molecule has 0 aliphatic heterocycles. The lowest BCUT2D eigenvalue weighted by molar-refractivity contribution is 0.102. The maximum atomic E-state index is 13.1. The Labute approximate surface area is 149 Å². The molecule has 1 heterocycles. The first-order valence-electron chi connectivity index (χ1n) is 6.48. The summed E-state index contributed by atoms with van der Waals surface area (Å²) in [4.78, 5) is 16.4. The van der Waals surface area contributed by atoms with Crippen LogP contribution < -0.4 is 5.32 Å². The van der Waals surface area contributed by atoms with Crippen LogP contribution in [-0.4, -0.2) is 21.1 Å². The van der Waals surface area contributed by atoms with Crippen molar-refractivity contribution in [1.82, 2.24) is 15.2 Å². The second-order valence-corrected chi connectivity index (χ2v) is 6.14. The van der Waals surface area contributed by atoms with Gasteiger partial charge in [-0.25, -0.2) is 4.39 Å². The summed E-state index contributed by atoms with van der Waals surface area (Å²) < 4.78 is 13.6. The fourth-order valence-electron chi connectivity index (χ4n) is 1.93. The first-order valence-corrected chi connectivity index (χ1v) is 7.94. The van der Waals surface area contributed by atoms with Crippen molar-refractivity contribution in [1.29, 1.82) is 0 Å². The number of carbonyl (C=O) groups excluding carboxylic acids is 1. The van der Waals surface area contributed by atoms with Gasteiger partial charge in [0.1, 0.15) is 5.82 Å². The van der Waals surface area contributed by atoms with Gasteiger partial charge in [-0.3, -0.25) is 15.2 Å². The molecular weight excluding hydrogens is 434 g/mol. The normalized spacial score (nSPS) is 10.6. The Balaban J connectivity index is 1.82. The predicted molar refractivity (Wildman–Crippen MR) is 93.9 cm³/mol. The molecule has 0 radical (unpaired) electrons. The Morgan fingerprint density at radius 3 is 2.78 bits per heavy atom. The van der Waals surface area contributed by atoms with Crippen molar-refractivity contribution >= 4 is 46.0 Å². The van der Waals surface area contributed by atoms with Crippen LogP contribution in [0.4, 0.5) is 10.3 Å². The first-order chi connectivity index (χ1) is 11.0. The largest absolute Gasteiger partial charge is 0.289 e. The molecule has 0 saturated heterocycles. The SMILES string of the molecule is O=C(Nc1n[nH]c(-c2ccccc2Cl)n1)c1ccc(F)cc1I. The van der Waals surface area contributed by atoms with E-state index in [2.05, 4.69) is 20.5 Å². The molecule has 2 aromatic carbocycles. The van der Waals surface area contributed by atoms with E-state index in [9.17, 15) is 9.18 Å². The molecule has 0 saturated carbocycles. The van der Waals surface area contributed by atoms with Crippen molar-refractivity contribution in [3.05, 3.63) is 62.4 Å². The third-order valence-corrected chi connectivity index (χ3v) is 4.24. The van der Waals surface area contributed by atoms with E-state index in [0.29, 0.717) is 25.5 Å². The molecule has 116 valence electrons. The van der Waals surface area contributed by atoms with Crippen LogP contribution in [0.1, 0.15) is 10.4 Å². The van der Waals surface area contributed by atoms with E-state index in [-0.39, 0.29) is 5.95 Å². The van der Waals surface area contributed by atoms with Gasteiger partial charge >= 0.3 is 0 Å². The molecule has 0 aliphatic rings. The molecule has 8 heteroatoms. The quantitative estimate of drug-likeness (QED) is 0.600. The molecule has 0 aliphatic carbocycles. The summed E-state index contributed by atoms with van der Waals surface area (Å²) in [5.41, 5.74) is 1.02. The maximum Gasteiger partial charge on any atom is 0.259 e. The van der Waals surface area contributed by atoms with Gasteiger partial charge in [0, 0.05) is 9.13 Å². The number of anilines is 1. The van der Waals surface area contributed by atoms with Gasteiger partial charge < -0.3 is 0 Å². The summed E-state index contributed by atoms with van der Waals surface area (Å²) in [7, 11) is 0. The highest BCUT2D eigenvalue weighted by atomic mass is 127. The van der Waals surface area contributed by atoms with Crippen LogP contribution in [0.2, 0.25) is 5.02 Å². The monoisotopic (exact) mass is 442 g/mol. The van der Waals surface area contributed by atoms with Gasteiger partial charge in [-0.1, -0.05) is 23.7 Å². The zero-order valence-corrected chi connectivity index (χ0v) is 14.4. The van der Waals surface area contributed by atoms with Gasteiger partial charge in [-0.2, -0.15) is 4.98 Å². The van der Waals surface area contributed by atoms with Crippen LogP contribution in [0, 0.1) is 9.39 Å². The van der Waals surface area contributed by atoms with E-state index in [0.717, 1.165) is 0 Å². The summed E-state index contributed by atoms with van der Waals surface area (Å²) >= 11 is 7.99. The van der Waals surface area contributed by atoms with E-state index in [1.165, 1.54) is 18.2 Å². The van der Waals surface area contributed by atoms with Gasteiger partial charge in [-0.15, -0.1) is 5.10 Å². The summed E-state index contributed by atoms with van der Waals surface area (Å²) in [6.45, 7) is 0. The highest BCUT2D eigenvalue weighted by Crippen LogP contribution is 2.25. The van der Waals surface area contributed by atoms with Crippen LogP contribution in [-0.2, 0) is 0 Å². The number of H-pyrrole nitrogens is 1. The number of halogens is 3. The minimum absolute atomic E-state index is 0.116. The van der Waals surface area contributed by atoms with Crippen molar-refractivity contribution in [3.8, 4) is 11.4 Å². The Kier molecular flexibility index (Phi) is 4.58. The van der Waals surface area contributed by atoms with Gasteiger partial charge in [0.2, 0.25) is 5.95 Å². The lowest BCUT2D eigenvalue weighted by Gasteiger charge is -2.03. The Morgan fingerprint density at radius 1 is 1.26 bits per heavy atom. The van der Waals surface area contributed by atoms with Crippen molar-refractivity contribution in [2.24, 2.45) is 0 Å². The van der Waals surface area contributed by atoms with E-state index >= 15 is 0 Å². The number of rotatable bonds is 3. The minimum Gasteiger partial charge on any atom is -0.289 e. The van der Waals surface area contributed by atoms with E-state index in [1.54, 1.807) is 18.2 Å². The average molecular weight is 443 g/mol. The van der Waals surface area contributed by atoms with Gasteiger partial charge in [0.05, 0.1) is 10.6 Å². The number of nitrogens with zero attached hydrogens (tertiary/aromatic N) is 2. The average Bonchev–Trinajstić information content (AvgIpc) is 2.95. The molecule has 1 amide bonds. The molecule has 5 nitrogen and oxygen atoms in total. The highest BCUT2D eigenvalue weighted by molar-refractivity contribution is 14.1. The summed E-state index contributed by atoms with van der Waals surface area (Å²) in [5, 5.41) is 9.75. The van der Waals surface area contributed by atoms with E-state index < -0.39 is 11.7 Å². The van der Waals surface area contributed by atoms with Crippen molar-refractivity contribution in [3.63, 3.8) is 0 Å². The number of aromatic amines is 1.